The second-order valence-electron chi connectivity index (χ2n) is 6.36. The van der Waals surface area contributed by atoms with E-state index < -0.39 is 5.97 Å². The summed E-state index contributed by atoms with van der Waals surface area (Å²) >= 11 is 0. The van der Waals surface area contributed by atoms with Gasteiger partial charge in [0.15, 0.2) is 0 Å². The molecule has 0 bridgehead atoms. The number of carboxylic acid groups (broad SMARTS) is 1. The van der Waals surface area contributed by atoms with Gasteiger partial charge in [0.2, 0.25) is 0 Å². The molecule has 0 aliphatic heterocycles. The second-order valence-corrected chi connectivity index (χ2v) is 6.36. The van der Waals surface area contributed by atoms with Gasteiger partial charge < -0.3 is 5.11 Å². The van der Waals surface area contributed by atoms with E-state index in [9.17, 15) is 9.59 Å². The molecule has 0 aromatic carbocycles. The third-order valence-electron chi connectivity index (χ3n) is 4.61. The smallest absolute Gasteiger partial charge is 0.303 e. The zero-order chi connectivity index (χ0) is 13.9. The van der Waals surface area contributed by atoms with Gasteiger partial charge in [-0.2, -0.15) is 0 Å². The molecule has 0 unspecified atom stereocenters. The molecule has 3 nitrogen and oxygen atoms in total. The first-order chi connectivity index (χ1) is 8.29. The van der Waals surface area contributed by atoms with E-state index in [1.165, 1.54) is 0 Å². The van der Waals surface area contributed by atoms with E-state index in [1.54, 1.807) is 0 Å². The Labute approximate surface area is 110 Å². The maximum absolute atomic E-state index is 12.6. The summed E-state index contributed by atoms with van der Waals surface area (Å²) in [4.78, 5) is 23.5. The van der Waals surface area contributed by atoms with Crippen molar-refractivity contribution in [2.75, 3.05) is 0 Å². The summed E-state index contributed by atoms with van der Waals surface area (Å²) in [6, 6.07) is 0. The Kier molecular flexibility index (Phi) is 4.94. The lowest BCUT2D eigenvalue weighted by Crippen LogP contribution is -2.43. The third kappa shape index (κ3) is 3.12. The van der Waals surface area contributed by atoms with Crippen molar-refractivity contribution in [1.82, 2.24) is 0 Å². The van der Waals surface area contributed by atoms with Crippen molar-refractivity contribution in [2.24, 2.45) is 23.2 Å². The molecule has 1 saturated carbocycles. The van der Waals surface area contributed by atoms with Gasteiger partial charge in [0, 0.05) is 17.8 Å². The Morgan fingerprint density at radius 3 is 2.11 bits per heavy atom. The molecule has 0 radical (unpaired) electrons. The Balaban J connectivity index is 2.94. The average molecular weight is 254 g/mol. The van der Waals surface area contributed by atoms with Crippen molar-refractivity contribution >= 4 is 11.8 Å². The van der Waals surface area contributed by atoms with Crippen LogP contribution in [0.5, 0.6) is 0 Å². The van der Waals surface area contributed by atoms with Gasteiger partial charge in [0.1, 0.15) is 5.78 Å². The average Bonchev–Trinajstić information content (AvgIpc) is 2.28. The van der Waals surface area contributed by atoms with Crippen molar-refractivity contribution in [1.29, 1.82) is 0 Å². The maximum Gasteiger partial charge on any atom is 0.303 e. The molecule has 0 aromatic rings. The number of carbonyl (C=O) groups excluding carboxylic acids is 1. The van der Waals surface area contributed by atoms with Crippen LogP contribution in [-0.4, -0.2) is 16.9 Å². The van der Waals surface area contributed by atoms with Crippen molar-refractivity contribution in [3.8, 4) is 0 Å². The summed E-state index contributed by atoms with van der Waals surface area (Å²) in [5.41, 5.74) is -0.390. The molecule has 1 rings (SSSR count). The summed E-state index contributed by atoms with van der Waals surface area (Å²) in [6.45, 7) is 8.00. The van der Waals surface area contributed by atoms with Crippen LogP contribution in [0.4, 0.5) is 0 Å². The molecule has 1 N–H and O–H groups in total. The van der Waals surface area contributed by atoms with E-state index in [0.717, 1.165) is 25.7 Å². The molecule has 18 heavy (non-hydrogen) atoms. The van der Waals surface area contributed by atoms with Crippen LogP contribution >= 0.6 is 0 Å². The third-order valence-corrected chi connectivity index (χ3v) is 4.61. The molecular weight excluding hydrogens is 228 g/mol. The number of hydrogen-bond acceptors (Lipinski definition) is 2. The predicted octanol–water partition coefficient (Wildman–Crippen LogP) is 3.52. The second kappa shape index (κ2) is 5.85. The molecule has 0 saturated heterocycles. The Morgan fingerprint density at radius 2 is 1.72 bits per heavy atom. The standard InChI is InChI=1S/C15H26O3/c1-10(2)14(18)15(12(4)9-13(16)17)7-5-11(3)6-8-15/h10-12H,5-9H2,1-4H3,(H,16,17)/t11?,12-,15?/m1/s1. The molecule has 1 atom stereocenters. The lowest BCUT2D eigenvalue weighted by Gasteiger charge is -2.43. The molecule has 0 spiro atoms. The predicted molar refractivity (Wildman–Crippen MR) is 71.3 cm³/mol. The number of carboxylic acids is 1. The summed E-state index contributed by atoms with van der Waals surface area (Å²) in [5, 5.41) is 8.99. The largest absolute Gasteiger partial charge is 0.481 e. The van der Waals surface area contributed by atoms with Crippen molar-refractivity contribution in [3.63, 3.8) is 0 Å². The van der Waals surface area contributed by atoms with Gasteiger partial charge in [0.05, 0.1) is 0 Å². The summed E-state index contributed by atoms with van der Waals surface area (Å²) in [5.74, 6) is 0.0716. The number of carbonyl (C=O) groups is 2. The molecule has 0 heterocycles. The quantitative estimate of drug-likeness (QED) is 0.816. The van der Waals surface area contributed by atoms with Crippen LogP contribution in [0.1, 0.15) is 59.8 Å². The van der Waals surface area contributed by atoms with Gasteiger partial charge in [-0.05, 0) is 37.5 Å². The molecule has 0 aromatic heterocycles. The lowest BCUT2D eigenvalue weighted by atomic mass is 9.59. The highest BCUT2D eigenvalue weighted by atomic mass is 16.4. The van der Waals surface area contributed by atoms with Crippen molar-refractivity contribution < 1.29 is 14.7 Å². The van der Waals surface area contributed by atoms with Crippen molar-refractivity contribution in [2.45, 2.75) is 59.8 Å². The van der Waals surface area contributed by atoms with Crippen LogP contribution in [0, 0.1) is 23.2 Å². The number of rotatable bonds is 5. The lowest BCUT2D eigenvalue weighted by molar-refractivity contribution is -0.144. The molecule has 1 aliphatic rings. The van der Waals surface area contributed by atoms with E-state index >= 15 is 0 Å². The molecular formula is C15H26O3. The SMILES string of the molecule is CC1CCC(C(=O)C(C)C)([C@H](C)CC(=O)O)CC1. The van der Waals surface area contributed by atoms with Gasteiger partial charge >= 0.3 is 5.97 Å². The normalized spacial score (nSPS) is 30.2. The molecule has 1 aliphatic carbocycles. The first-order valence-electron chi connectivity index (χ1n) is 7.05. The van der Waals surface area contributed by atoms with Crippen LogP contribution in [0.3, 0.4) is 0 Å². The molecule has 3 heteroatoms. The van der Waals surface area contributed by atoms with Crippen LogP contribution < -0.4 is 0 Å². The van der Waals surface area contributed by atoms with E-state index in [1.807, 2.05) is 20.8 Å². The van der Waals surface area contributed by atoms with Crippen molar-refractivity contribution in [3.05, 3.63) is 0 Å². The first-order valence-corrected chi connectivity index (χ1v) is 7.05. The van der Waals surface area contributed by atoms with E-state index in [4.69, 9.17) is 5.11 Å². The van der Waals surface area contributed by atoms with Crippen LogP contribution in [-0.2, 0) is 9.59 Å². The minimum Gasteiger partial charge on any atom is -0.481 e. The summed E-state index contributed by atoms with van der Waals surface area (Å²) in [6.07, 6.45) is 3.91. The number of ketones is 1. The summed E-state index contributed by atoms with van der Waals surface area (Å²) in [7, 11) is 0. The minimum atomic E-state index is -0.794. The van der Waals surface area contributed by atoms with E-state index in [0.29, 0.717) is 5.92 Å². The Hall–Kier alpha value is -0.860. The van der Waals surface area contributed by atoms with Gasteiger partial charge in [-0.3, -0.25) is 9.59 Å². The zero-order valence-electron chi connectivity index (χ0n) is 12.0. The summed E-state index contributed by atoms with van der Waals surface area (Å²) < 4.78 is 0. The fourth-order valence-corrected chi connectivity index (χ4v) is 3.29. The fraction of sp³-hybridized carbons (Fsp3) is 0.867. The maximum atomic E-state index is 12.6. The Bertz CT molecular complexity index is 312. The molecule has 104 valence electrons. The topological polar surface area (TPSA) is 54.4 Å². The van der Waals surface area contributed by atoms with Crippen LogP contribution in [0.2, 0.25) is 0 Å². The van der Waals surface area contributed by atoms with Gasteiger partial charge in [0.25, 0.3) is 0 Å². The highest BCUT2D eigenvalue weighted by Crippen LogP contribution is 2.47. The number of hydrogen-bond donors (Lipinski definition) is 1. The van der Waals surface area contributed by atoms with E-state index in [2.05, 4.69) is 6.92 Å². The van der Waals surface area contributed by atoms with Gasteiger partial charge in [-0.15, -0.1) is 0 Å². The minimum absolute atomic E-state index is 0.00495. The number of Topliss-reactive ketones (excluding diaryl/α,β-unsaturated/α-hetero) is 1. The fourth-order valence-electron chi connectivity index (χ4n) is 3.29. The number of aliphatic carboxylic acids is 1. The zero-order valence-corrected chi connectivity index (χ0v) is 12.0. The Morgan fingerprint density at radius 1 is 1.22 bits per heavy atom. The van der Waals surface area contributed by atoms with Crippen LogP contribution in [0.15, 0.2) is 0 Å². The monoisotopic (exact) mass is 254 g/mol. The molecule has 1 fully saturated rings. The van der Waals surface area contributed by atoms with E-state index in [-0.39, 0.29) is 29.5 Å². The molecule has 0 amide bonds. The highest BCUT2D eigenvalue weighted by molar-refractivity contribution is 5.87. The van der Waals surface area contributed by atoms with Gasteiger partial charge in [-0.25, -0.2) is 0 Å². The first kappa shape index (κ1) is 15.2. The highest BCUT2D eigenvalue weighted by Gasteiger charge is 2.46. The van der Waals surface area contributed by atoms with Gasteiger partial charge in [-0.1, -0.05) is 27.7 Å². The van der Waals surface area contributed by atoms with Crippen LogP contribution in [0.25, 0.3) is 0 Å².